The lowest BCUT2D eigenvalue weighted by Gasteiger charge is -2.11. The second-order valence-electron chi connectivity index (χ2n) is 6.25. The highest BCUT2D eigenvalue weighted by Crippen LogP contribution is 2.41. The Bertz CT molecular complexity index is 1240. The van der Waals surface area contributed by atoms with Crippen molar-refractivity contribution in [3.05, 3.63) is 53.8 Å². The Labute approximate surface area is 161 Å². The lowest BCUT2D eigenvalue weighted by atomic mass is 9.99. The van der Waals surface area contributed by atoms with E-state index in [2.05, 4.69) is 9.97 Å². The molecule has 0 radical (unpaired) electrons. The van der Waals surface area contributed by atoms with Gasteiger partial charge in [-0.25, -0.2) is 4.98 Å². The second-order valence-corrected chi connectivity index (χ2v) is 6.25. The van der Waals surface area contributed by atoms with Crippen molar-refractivity contribution >= 4 is 22.7 Å². The van der Waals surface area contributed by atoms with E-state index in [0.717, 1.165) is 22.3 Å². The summed E-state index contributed by atoms with van der Waals surface area (Å²) >= 11 is 0. The molecule has 0 atom stereocenters. The number of hydrogen-bond donors (Lipinski definition) is 2. The van der Waals surface area contributed by atoms with Gasteiger partial charge in [0.05, 0.1) is 12.8 Å². The van der Waals surface area contributed by atoms with Crippen LogP contribution in [0.4, 0.5) is 11.8 Å². The predicted octanol–water partition coefficient (Wildman–Crippen LogP) is 3.91. The Morgan fingerprint density at radius 1 is 1.11 bits per heavy atom. The maximum Gasteiger partial charge on any atom is 0.222 e. The highest BCUT2D eigenvalue weighted by atomic mass is 16.5. The minimum absolute atomic E-state index is 0.0192. The fourth-order valence-electron chi connectivity index (χ4n) is 3.36. The molecule has 4 rings (SSSR count). The van der Waals surface area contributed by atoms with Crippen molar-refractivity contribution < 1.29 is 9.15 Å². The fraction of sp³-hybridized carbons (Fsp3) is 0.0952. The number of nitrogens with zero attached hydrogens (tertiary/aromatic N) is 3. The molecule has 0 aliphatic carbocycles. The molecular weight excluding hydrogens is 354 g/mol. The molecule has 28 heavy (non-hydrogen) atoms. The zero-order valence-corrected chi connectivity index (χ0v) is 15.4. The number of rotatable bonds is 3. The van der Waals surface area contributed by atoms with E-state index >= 15 is 0 Å². The normalized spacial score (nSPS) is 10.8. The molecular formula is C21H17N5O2. The van der Waals surface area contributed by atoms with Crippen molar-refractivity contribution in [3.8, 4) is 34.2 Å². The van der Waals surface area contributed by atoms with Gasteiger partial charge in [0, 0.05) is 16.5 Å². The number of hydrogen-bond acceptors (Lipinski definition) is 7. The number of anilines is 2. The van der Waals surface area contributed by atoms with E-state index in [0.29, 0.717) is 22.6 Å². The van der Waals surface area contributed by atoms with Crippen molar-refractivity contribution in [3.63, 3.8) is 0 Å². The summed E-state index contributed by atoms with van der Waals surface area (Å²) in [5, 5.41) is 10.4. The van der Waals surface area contributed by atoms with Crippen molar-refractivity contribution in [1.82, 2.24) is 9.97 Å². The maximum atomic E-state index is 9.51. The number of fused-ring (bicyclic) bond motifs is 1. The lowest BCUT2D eigenvalue weighted by molar-refractivity contribution is 0.416. The number of nitrogens with two attached hydrogens (primary N) is 2. The summed E-state index contributed by atoms with van der Waals surface area (Å²) in [6, 6.07) is 15.7. The van der Waals surface area contributed by atoms with Gasteiger partial charge in [0.2, 0.25) is 5.95 Å². The molecule has 4 N–H and O–H groups in total. The number of aromatic nitrogens is 2. The van der Waals surface area contributed by atoms with Crippen molar-refractivity contribution in [2.75, 3.05) is 18.6 Å². The molecule has 2 aromatic heterocycles. The average molecular weight is 371 g/mol. The van der Waals surface area contributed by atoms with Crippen LogP contribution in [0.3, 0.4) is 0 Å². The van der Waals surface area contributed by atoms with Crippen LogP contribution in [0.25, 0.3) is 33.4 Å². The predicted molar refractivity (Wildman–Crippen MR) is 108 cm³/mol. The van der Waals surface area contributed by atoms with Crippen LogP contribution < -0.4 is 16.2 Å². The average Bonchev–Trinajstić information content (AvgIpc) is 3.01. The van der Waals surface area contributed by atoms with E-state index in [1.165, 1.54) is 0 Å². The second kappa shape index (κ2) is 6.59. The first kappa shape index (κ1) is 17.4. The highest BCUT2D eigenvalue weighted by Gasteiger charge is 2.21. The molecule has 7 heteroatoms. The lowest BCUT2D eigenvalue weighted by Crippen LogP contribution is -2.05. The first-order valence-corrected chi connectivity index (χ1v) is 8.53. The Hall–Kier alpha value is -4.05. The van der Waals surface area contributed by atoms with E-state index in [1.54, 1.807) is 13.2 Å². The summed E-state index contributed by atoms with van der Waals surface area (Å²) in [5.74, 6) is 1.31. The molecule has 4 aromatic rings. The van der Waals surface area contributed by atoms with Gasteiger partial charge in [-0.3, -0.25) is 0 Å². The quantitative estimate of drug-likeness (QED) is 0.559. The highest BCUT2D eigenvalue weighted by molar-refractivity contribution is 5.99. The van der Waals surface area contributed by atoms with Gasteiger partial charge in [-0.1, -0.05) is 30.3 Å². The smallest absolute Gasteiger partial charge is 0.222 e. The van der Waals surface area contributed by atoms with Gasteiger partial charge in [-0.15, -0.1) is 0 Å². The molecule has 2 heterocycles. The fourth-order valence-corrected chi connectivity index (χ4v) is 3.36. The van der Waals surface area contributed by atoms with E-state index in [-0.39, 0.29) is 17.3 Å². The van der Waals surface area contributed by atoms with Crippen molar-refractivity contribution in [1.29, 1.82) is 5.26 Å². The standard InChI is InChI=1S/C21H17N5O2/c1-11-18(12-6-4-3-5-7-12)13-8-16(27-2)14(9-17(13)28-11)19-15(10-22)20(23)26-21(24)25-19/h3-9H,1-2H3,(H4,23,24,25,26). The van der Waals surface area contributed by atoms with Crippen LogP contribution in [0.15, 0.2) is 46.9 Å². The third kappa shape index (κ3) is 2.68. The van der Waals surface area contributed by atoms with Crippen molar-refractivity contribution in [2.24, 2.45) is 0 Å². The van der Waals surface area contributed by atoms with Crippen LogP contribution in [0.1, 0.15) is 11.3 Å². The van der Waals surface area contributed by atoms with Gasteiger partial charge in [0.25, 0.3) is 0 Å². The molecule has 2 aromatic carbocycles. The first-order chi connectivity index (χ1) is 13.5. The number of nitriles is 1. The molecule has 0 unspecified atom stereocenters. The molecule has 0 aliphatic heterocycles. The third-order valence-corrected chi connectivity index (χ3v) is 4.57. The minimum atomic E-state index is -0.0192. The summed E-state index contributed by atoms with van der Waals surface area (Å²) in [6.07, 6.45) is 0. The number of aryl methyl sites for hydroxylation is 1. The van der Waals surface area contributed by atoms with Gasteiger partial charge >= 0.3 is 0 Å². The van der Waals surface area contributed by atoms with E-state index in [1.807, 2.05) is 49.4 Å². The number of nitrogen functional groups attached to an aromatic ring is 2. The number of benzene rings is 2. The summed E-state index contributed by atoms with van der Waals surface area (Å²) in [5.41, 5.74) is 15.3. The topological polar surface area (TPSA) is 124 Å². The summed E-state index contributed by atoms with van der Waals surface area (Å²) in [7, 11) is 1.56. The minimum Gasteiger partial charge on any atom is -0.496 e. The largest absolute Gasteiger partial charge is 0.496 e. The molecule has 7 nitrogen and oxygen atoms in total. The summed E-state index contributed by atoms with van der Waals surface area (Å²) in [6.45, 7) is 1.91. The van der Waals surface area contributed by atoms with Gasteiger partial charge < -0.3 is 20.6 Å². The first-order valence-electron chi connectivity index (χ1n) is 8.53. The molecule has 0 saturated carbocycles. The molecule has 138 valence electrons. The van der Waals surface area contributed by atoms with Gasteiger partial charge in [-0.2, -0.15) is 10.2 Å². The Morgan fingerprint density at radius 3 is 2.54 bits per heavy atom. The molecule has 0 aliphatic rings. The number of ether oxygens (including phenoxy) is 1. The van der Waals surface area contributed by atoms with Crippen LogP contribution >= 0.6 is 0 Å². The molecule has 0 amide bonds. The van der Waals surface area contributed by atoms with Gasteiger partial charge in [0.15, 0.2) is 0 Å². The van der Waals surface area contributed by atoms with Crippen LogP contribution in [0.2, 0.25) is 0 Å². The van der Waals surface area contributed by atoms with Crippen molar-refractivity contribution in [2.45, 2.75) is 6.92 Å². The monoisotopic (exact) mass is 371 g/mol. The molecule has 0 fully saturated rings. The summed E-state index contributed by atoms with van der Waals surface area (Å²) < 4.78 is 11.6. The molecule has 0 spiro atoms. The van der Waals surface area contributed by atoms with Gasteiger partial charge in [0.1, 0.15) is 34.5 Å². The number of furan rings is 1. The zero-order valence-electron chi connectivity index (χ0n) is 15.4. The Kier molecular flexibility index (Phi) is 4.09. The maximum absolute atomic E-state index is 9.51. The Morgan fingerprint density at radius 2 is 1.86 bits per heavy atom. The van der Waals surface area contributed by atoms with Crippen LogP contribution in [0, 0.1) is 18.3 Å². The van der Waals surface area contributed by atoms with Crippen LogP contribution in [-0.2, 0) is 0 Å². The third-order valence-electron chi connectivity index (χ3n) is 4.57. The number of methoxy groups -OCH3 is 1. The summed E-state index contributed by atoms with van der Waals surface area (Å²) in [4.78, 5) is 8.08. The van der Waals surface area contributed by atoms with E-state index in [9.17, 15) is 5.26 Å². The Balaban J connectivity index is 2.03. The SMILES string of the molecule is COc1cc2c(-c3ccccc3)c(C)oc2cc1-c1nc(N)nc(N)c1C#N. The van der Waals surface area contributed by atoms with Crippen LogP contribution in [0.5, 0.6) is 5.75 Å². The van der Waals surface area contributed by atoms with E-state index < -0.39 is 0 Å². The molecule has 0 saturated heterocycles. The van der Waals surface area contributed by atoms with Gasteiger partial charge in [-0.05, 0) is 24.6 Å². The zero-order chi connectivity index (χ0) is 19.8. The van der Waals surface area contributed by atoms with E-state index in [4.69, 9.17) is 20.6 Å². The van der Waals surface area contributed by atoms with Crippen LogP contribution in [-0.4, -0.2) is 17.1 Å². The molecule has 0 bridgehead atoms.